The van der Waals surface area contributed by atoms with Crippen LogP contribution in [0.5, 0.6) is 5.88 Å². The van der Waals surface area contributed by atoms with Crippen LogP contribution in [0.25, 0.3) is 5.69 Å². The number of para-hydroxylation sites is 1. The van der Waals surface area contributed by atoms with Crippen LogP contribution in [0, 0.1) is 0 Å². The molecule has 126 valence electrons. The smallest absolute Gasteiger partial charge is 0.217 e. The second kappa shape index (κ2) is 8.73. The van der Waals surface area contributed by atoms with Gasteiger partial charge in [-0.25, -0.2) is 4.68 Å². The van der Waals surface area contributed by atoms with Crippen LogP contribution < -0.4 is 10.1 Å². The summed E-state index contributed by atoms with van der Waals surface area (Å²) in [5.41, 5.74) is 2.83. The molecule has 4 nitrogen and oxygen atoms in total. The Bertz CT molecular complexity index is 775. The van der Waals surface area contributed by atoms with E-state index >= 15 is 0 Å². The second-order valence-corrected chi connectivity index (χ2v) is 5.54. The highest BCUT2D eigenvalue weighted by Gasteiger charge is 2.11. The molecule has 24 heavy (non-hydrogen) atoms. The van der Waals surface area contributed by atoms with Gasteiger partial charge in [-0.1, -0.05) is 48.0 Å². The van der Waals surface area contributed by atoms with Crippen molar-refractivity contribution >= 4 is 24.0 Å². The van der Waals surface area contributed by atoms with Crippen molar-refractivity contribution in [2.45, 2.75) is 13.2 Å². The van der Waals surface area contributed by atoms with E-state index in [0.717, 1.165) is 16.9 Å². The van der Waals surface area contributed by atoms with Crippen molar-refractivity contribution in [3.63, 3.8) is 0 Å². The van der Waals surface area contributed by atoms with Gasteiger partial charge in [0.05, 0.1) is 11.4 Å². The molecule has 0 fully saturated rings. The Morgan fingerprint density at radius 1 is 1.08 bits per heavy atom. The van der Waals surface area contributed by atoms with Gasteiger partial charge in [-0.2, -0.15) is 5.10 Å². The first kappa shape index (κ1) is 18.3. The number of rotatable bonds is 6. The lowest BCUT2D eigenvalue weighted by Crippen LogP contribution is -2.06. The lowest BCUT2D eigenvalue weighted by atomic mass is 10.2. The van der Waals surface area contributed by atoms with Crippen molar-refractivity contribution in [2.75, 3.05) is 7.05 Å². The third kappa shape index (κ3) is 4.29. The van der Waals surface area contributed by atoms with E-state index in [9.17, 15) is 0 Å². The Morgan fingerprint density at radius 2 is 1.79 bits per heavy atom. The average molecular weight is 364 g/mol. The summed E-state index contributed by atoms with van der Waals surface area (Å²) in [5.74, 6) is 0.696. The fraction of sp³-hybridized carbons (Fsp3) is 0.167. The SMILES string of the molecule is CNCc1cc(OCc2ccccc2Cl)n(-c2ccccc2)n1.Cl. The van der Waals surface area contributed by atoms with E-state index in [2.05, 4.69) is 10.4 Å². The molecule has 1 aromatic heterocycles. The van der Waals surface area contributed by atoms with Gasteiger partial charge in [0, 0.05) is 23.2 Å². The maximum Gasteiger partial charge on any atom is 0.217 e. The van der Waals surface area contributed by atoms with E-state index in [4.69, 9.17) is 16.3 Å². The number of hydrogen-bond acceptors (Lipinski definition) is 3. The van der Waals surface area contributed by atoms with Crippen LogP contribution in [0.15, 0.2) is 60.7 Å². The van der Waals surface area contributed by atoms with Crippen LogP contribution in [-0.4, -0.2) is 16.8 Å². The van der Waals surface area contributed by atoms with Gasteiger partial charge in [-0.05, 0) is 25.2 Å². The van der Waals surface area contributed by atoms with Crippen molar-refractivity contribution in [3.05, 3.63) is 76.9 Å². The average Bonchev–Trinajstić information content (AvgIpc) is 2.98. The summed E-state index contributed by atoms with van der Waals surface area (Å²) in [6.45, 7) is 1.08. The van der Waals surface area contributed by atoms with E-state index < -0.39 is 0 Å². The Morgan fingerprint density at radius 3 is 2.50 bits per heavy atom. The summed E-state index contributed by atoms with van der Waals surface area (Å²) in [6.07, 6.45) is 0. The number of aromatic nitrogens is 2. The molecule has 6 heteroatoms. The topological polar surface area (TPSA) is 39.1 Å². The normalized spacial score (nSPS) is 10.2. The van der Waals surface area contributed by atoms with Gasteiger partial charge >= 0.3 is 0 Å². The molecule has 3 rings (SSSR count). The number of nitrogens with zero attached hydrogens (tertiary/aromatic N) is 2. The van der Waals surface area contributed by atoms with Crippen molar-refractivity contribution in [1.82, 2.24) is 15.1 Å². The number of ether oxygens (including phenoxy) is 1. The largest absolute Gasteiger partial charge is 0.473 e. The third-order valence-electron chi connectivity index (χ3n) is 3.42. The number of benzene rings is 2. The van der Waals surface area contributed by atoms with Gasteiger partial charge < -0.3 is 10.1 Å². The molecule has 0 spiro atoms. The standard InChI is InChI=1S/C18H18ClN3O.ClH/c1-20-12-15-11-18(22(21-15)16-8-3-2-4-9-16)23-13-14-7-5-6-10-17(14)19;/h2-11,20H,12-13H2,1H3;1H. The molecule has 1 heterocycles. The van der Waals surface area contributed by atoms with Crippen LogP contribution in [0.4, 0.5) is 0 Å². The predicted octanol–water partition coefficient (Wildman–Crippen LogP) is 4.25. The Balaban J connectivity index is 0.00000208. The molecule has 0 saturated heterocycles. The van der Waals surface area contributed by atoms with Gasteiger partial charge in [0.2, 0.25) is 5.88 Å². The zero-order chi connectivity index (χ0) is 16.1. The fourth-order valence-electron chi connectivity index (χ4n) is 2.30. The molecule has 0 aliphatic rings. The zero-order valence-corrected chi connectivity index (χ0v) is 14.8. The first-order chi connectivity index (χ1) is 11.3. The first-order valence-corrected chi connectivity index (χ1v) is 7.81. The molecule has 0 unspecified atom stereocenters. The second-order valence-electron chi connectivity index (χ2n) is 5.13. The van der Waals surface area contributed by atoms with Crippen molar-refractivity contribution < 1.29 is 4.74 Å². The number of hydrogen-bond donors (Lipinski definition) is 1. The number of halogens is 2. The minimum Gasteiger partial charge on any atom is -0.473 e. The van der Waals surface area contributed by atoms with E-state index in [0.29, 0.717) is 24.1 Å². The fourth-order valence-corrected chi connectivity index (χ4v) is 2.49. The summed E-state index contributed by atoms with van der Waals surface area (Å²) in [6, 6.07) is 19.6. The van der Waals surface area contributed by atoms with Crippen LogP contribution >= 0.6 is 24.0 Å². The molecule has 3 aromatic rings. The maximum atomic E-state index is 6.19. The van der Waals surface area contributed by atoms with Gasteiger partial charge in [-0.3, -0.25) is 0 Å². The predicted molar refractivity (Wildman–Crippen MR) is 99.4 cm³/mol. The van der Waals surface area contributed by atoms with Crippen molar-refractivity contribution in [2.24, 2.45) is 0 Å². The lowest BCUT2D eigenvalue weighted by Gasteiger charge is -2.10. The molecule has 0 radical (unpaired) electrons. The maximum absolute atomic E-state index is 6.19. The molecule has 0 atom stereocenters. The third-order valence-corrected chi connectivity index (χ3v) is 3.79. The molecule has 2 aromatic carbocycles. The van der Waals surface area contributed by atoms with E-state index in [1.807, 2.05) is 72.4 Å². The summed E-state index contributed by atoms with van der Waals surface area (Å²) in [5, 5.41) is 8.41. The summed E-state index contributed by atoms with van der Waals surface area (Å²) in [7, 11) is 1.89. The lowest BCUT2D eigenvalue weighted by molar-refractivity contribution is 0.285. The van der Waals surface area contributed by atoms with Crippen LogP contribution in [-0.2, 0) is 13.2 Å². The Labute approximate surface area is 152 Å². The zero-order valence-electron chi connectivity index (χ0n) is 13.3. The van der Waals surface area contributed by atoms with Crippen LogP contribution in [0.1, 0.15) is 11.3 Å². The monoisotopic (exact) mass is 363 g/mol. The molecule has 0 amide bonds. The van der Waals surface area contributed by atoms with E-state index in [1.54, 1.807) is 0 Å². The minimum atomic E-state index is 0. The first-order valence-electron chi connectivity index (χ1n) is 7.43. The highest BCUT2D eigenvalue weighted by atomic mass is 35.5. The van der Waals surface area contributed by atoms with Crippen molar-refractivity contribution in [1.29, 1.82) is 0 Å². The summed E-state index contributed by atoms with van der Waals surface area (Å²) >= 11 is 6.19. The molecule has 1 N–H and O–H groups in total. The summed E-state index contributed by atoms with van der Waals surface area (Å²) < 4.78 is 7.78. The molecule has 0 aliphatic heterocycles. The van der Waals surface area contributed by atoms with Crippen LogP contribution in [0.2, 0.25) is 5.02 Å². The van der Waals surface area contributed by atoms with E-state index in [1.165, 1.54) is 0 Å². The molecule has 0 saturated carbocycles. The van der Waals surface area contributed by atoms with Crippen LogP contribution in [0.3, 0.4) is 0 Å². The van der Waals surface area contributed by atoms with E-state index in [-0.39, 0.29) is 12.4 Å². The molecule has 0 bridgehead atoms. The molecular weight excluding hydrogens is 345 g/mol. The molecule has 0 aliphatic carbocycles. The molecular formula is C18H19Cl2N3O. The summed E-state index contributed by atoms with van der Waals surface area (Å²) in [4.78, 5) is 0. The Hall–Kier alpha value is -2.01. The van der Waals surface area contributed by atoms with Gasteiger partial charge in [0.15, 0.2) is 0 Å². The van der Waals surface area contributed by atoms with Gasteiger partial charge in [0.25, 0.3) is 0 Å². The quantitative estimate of drug-likeness (QED) is 0.711. The highest BCUT2D eigenvalue weighted by Crippen LogP contribution is 2.22. The minimum absolute atomic E-state index is 0. The number of nitrogens with one attached hydrogen (secondary N) is 1. The van der Waals surface area contributed by atoms with Crippen molar-refractivity contribution in [3.8, 4) is 11.6 Å². The van der Waals surface area contributed by atoms with Gasteiger partial charge in [0.1, 0.15) is 6.61 Å². The van der Waals surface area contributed by atoms with Gasteiger partial charge in [-0.15, -0.1) is 12.4 Å². The Kier molecular flexibility index (Phi) is 6.67. The highest BCUT2D eigenvalue weighted by molar-refractivity contribution is 6.31.